The molecule has 1 atom stereocenters. The Balaban J connectivity index is 0.00000324. The number of benzene rings is 1. The fourth-order valence-corrected chi connectivity index (χ4v) is 1.91. The van der Waals surface area contributed by atoms with Gasteiger partial charge in [-0.25, -0.2) is 0 Å². The van der Waals surface area contributed by atoms with Gasteiger partial charge in [0.15, 0.2) is 0 Å². The Morgan fingerprint density at radius 1 is 1.53 bits per heavy atom. The number of halogens is 2. The molecule has 1 aromatic carbocycles. The molecular formula is C13H20Cl2N2O2. The van der Waals surface area contributed by atoms with Crippen molar-refractivity contribution in [3.8, 4) is 5.75 Å². The molecule has 1 aromatic rings. The van der Waals surface area contributed by atoms with E-state index in [9.17, 15) is 4.79 Å². The largest absolute Gasteiger partial charge is 0.495 e. The van der Waals surface area contributed by atoms with Crippen LogP contribution in [-0.4, -0.2) is 18.6 Å². The first-order valence-corrected chi connectivity index (χ1v) is 6.22. The molecule has 1 rings (SSSR count). The molecule has 19 heavy (non-hydrogen) atoms. The molecule has 3 N–H and O–H groups in total. The highest BCUT2D eigenvalue weighted by Crippen LogP contribution is 2.27. The molecule has 6 heteroatoms. The van der Waals surface area contributed by atoms with Crippen molar-refractivity contribution in [2.24, 2.45) is 5.73 Å². The topological polar surface area (TPSA) is 64.4 Å². The first-order chi connectivity index (χ1) is 8.40. The Labute approximate surface area is 125 Å². The van der Waals surface area contributed by atoms with E-state index in [0.29, 0.717) is 22.9 Å². The minimum Gasteiger partial charge on any atom is -0.495 e. The van der Waals surface area contributed by atoms with Crippen LogP contribution in [0.3, 0.4) is 0 Å². The van der Waals surface area contributed by atoms with E-state index in [4.69, 9.17) is 22.1 Å². The van der Waals surface area contributed by atoms with E-state index in [1.54, 1.807) is 25.1 Å². The second-order valence-corrected chi connectivity index (χ2v) is 4.88. The maximum atomic E-state index is 12.0. The Morgan fingerprint density at radius 3 is 2.63 bits per heavy atom. The fraction of sp³-hybridized carbons (Fsp3) is 0.462. The molecule has 4 nitrogen and oxygen atoms in total. The number of nitrogens with two attached hydrogens (primary N) is 1. The van der Waals surface area contributed by atoms with Crippen molar-refractivity contribution in [2.75, 3.05) is 12.4 Å². The molecule has 1 amide bonds. The maximum absolute atomic E-state index is 12.0. The highest BCUT2D eigenvalue weighted by atomic mass is 35.5. The first kappa shape index (κ1) is 18.0. The lowest BCUT2D eigenvalue weighted by atomic mass is 9.96. The molecule has 0 aromatic heterocycles. The first-order valence-electron chi connectivity index (χ1n) is 5.84. The summed E-state index contributed by atoms with van der Waals surface area (Å²) in [5, 5.41) is 3.20. The maximum Gasteiger partial charge on any atom is 0.244 e. The SMILES string of the molecule is CCCC(C)(N)C(=O)Nc1ccc(OC)c(Cl)c1.Cl. The third-order valence-electron chi connectivity index (χ3n) is 2.70. The summed E-state index contributed by atoms with van der Waals surface area (Å²) >= 11 is 5.98. The van der Waals surface area contributed by atoms with Gasteiger partial charge >= 0.3 is 0 Å². The van der Waals surface area contributed by atoms with Crippen molar-refractivity contribution in [1.29, 1.82) is 0 Å². The van der Waals surface area contributed by atoms with E-state index in [-0.39, 0.29) is 18.3 Å². The predicted molar refractivity (Wildman–Crippen MR) is 81.4 cm³/mol. The number of amides is 1. The van der Waals surface area contributed by atoms with Crippen LogP contribution in [0.2, 0.25) is 5.02 Å². The molecule has 0 bridgehead atoms. The normalized spacial score (nSPS) is 13.1. The van der Waals surface area contributed by atoms with Gasteiger partial charge < -0.3 is 15.8 Å². The molecule has 108 valence electrons. The predicted octanol–water partition coefficient (Wildman–Crippen LogP) is 3.23. The Morgan fingerprint density at radius 2 is 2.16 bits per heavy atom. The van der Waals surface area contributed by atoms with Crippen molar-refractivity contribution in [3.05, 3.63) is 23.2 Å². The van der Waals surface area contributed by atoms with E-state index in [1.807, 2.05) is 6.92 Å². The zero-order valence-electron chi connectivity index (χ0n) is 11.3. The average Bonchev–Trinajstić information content (AvgIpc) is 2.29. The van der Waals surface area contributed by atoms with Crippen molar-refractivity contribution in [3.63, 3.8) is 0 Å². The number of hydrogen-bond donors (Lipinski definition) is 2. The van der Waals surface area contributed by atoms with E-state index in [0.717, 1.165) is 6.42 Å². The van der Waals surface area contributed by atoms with Gasteiger partial charge in [-0.1, -0.05) is 24.9 Å². The molecule has 0 radical (unpaired) electrons. The van der Waals surface area contributed by atoms with E-state index in [1.165, 1.54) is 7.11 Å². The Hall–Kier alpha value is -0.970. The lowest BCUT2D eigenvalue weighted by molar-refractivity contribution is -0.120. The lowest BCUT2D eigenvalue weighted by Crippen LogP contribution is -2.48. The number of nitrogens with one attached hydrogen (secondary N) is 1. The third kappa shape index (κ3) is 4.90. The second-order valence-electron chi connectivity index (χ2n) is 4.47. The van der Waals surface area contributed by atoms with Gasteiger partial charge in [-0.15, -0.1) is 12.4 Å². The summed E-state index contributed by atoms with van der Waals surface area (Å²) in [5.41, 5.74) is 5.68. The van der Waals surface area contributed by atoms with Gasteiger partial charge in [-0.05, 0) is 31.5 Å². The summed E-state index contributed by atoms with van der Waals surface area (Å²) in [7, 11) is 1.54. The van der Waals surface area contributed by atoms with Crippen molar-refractivity contribution >= 4 is 35.6 Å². The molecule has 1 unspecified atom stereocenters. The summed E-state index contributed by atoms with van der Waals surface area (Å²) in [5.74, 6) is 0.351. The molecular weight excluding hydrogens is 287 g/mol. The number of methoxy groups -OCH3 is 1. The zero-order chi connectivity index (χ0) is 13.8. The molecule has 0 saturated carbocycles. The van der Waals surface area contributed by atoms with Gasteiger partial charge in [0.1, 0.15) is 5.75 Å². The summed E-state index contributed by atoms with van der Waals surface area (Å²) in [4.78, 5) is 12.0. The van der Waals surface area contributed by atoms with Gasteiger partial charge in [0.25, 0.3) is 0 Å². The van der Waals surface area contributed by atoms with Gasteiger partial charge in [-0.2, -0.15) is 0 Å². The highest BCUT2D eigenvalue weighted by molar-refractivity contribution is 6.32. The van der Waals surface area contributed by atoms with E-state index < -0.39 is 5.54 Å². The second kappa shape index (κ2) is 7.58. The van der Waals surface area contributed by atoms with Gasteiger partial charge in [0.2, 0.25) is 5.91 Å². The molecule has 0 saturated heterocycles. The van der Waals surface area contributed by atoms with Crippen LogP contribution >= 0.6 is 24.0 Å². The smallest absolute Gasteiger partial charge is 0.244 e. The average molecular weight is 307 g/mol. The zero-order valence-corrected chi connectivity index (χ0v) is 12.9. The number of rotatable bonds is 5. The van der Waals surface area contributed by atoms with E-state index in [2.05, 4.69) is 5.32 Å². The van der Waals surface area contributed by atoms with E-state index >= 15 is 0 Å². The minimum absolute atomic E-state index is 0. The monoisotopic (exact) mass is 306 g/mol. The van der Waals surface area contributed by atoms with Crippen LogP contribution in [0.1, 0.15) is 26.7 Å². The lowest BCUT2D eigenvalue weighted by Gasteiger charge is -2.23. The van der Waals surface area contributed by atoms with Crippen LogP contribution in [-0.2, 0) is 4.79 Å². The Kier molecular flexibility index (Phi) is 7.19. The molecule has 0 aliphatic rings. The summed E-state index contributed by atoms with van der Waals surface area (Å²) in [6, 6.07) is 5.07. The number of hydrogen-bond acceptors (Lipinski definition) is 3. The fourth-order valence-electron chi connectivity index (χ4n) is 1.65. The minimum atomic E-state index is -0.874. The van der Waals surface area contributed by atoms with Crippen LogP contribution in [0.4, 0.5) is 5.69 Å². The number of anilines is 1. The quantitative estimate of drug-likeness (QED) is 0.878. The molecule has 0 spiro atoms. The summed E-state index contributed by atoms with van der Waals surface area (Å²) in [6.07, 6.45) is 1.48. The molecule has 0 aliphatic carbocycles. The molecule has 0 heterocycles. The van der Waals surface area contributed by atoms with Gasteiger partial charge in [-0.3, -0.25) is 4.79 Å². The van der Waals surface area contributed by atoms with Crippen LogP contribution in [0.25, 0.3) is 0 Å². The number of carbonyl (C=O) groups excluding carboxylic acids is 1. The molecule has 0 aliphatic heterocycles. The standard InChI is InChI=1S/C13H19ClN2O2.ClH/c1-4-7-13(2,15)12(17)16-9-5-6-11(18-3)10(14)8-9;/h5-6,8H,4,7,15H2,1-3H3,(H,16,17);1H. The number of ether oxygens (including phenoxy) is 1. The number of carbonyl (C=O) groups is 1. The van der Waals surface area contributed by atoms with Crippen molar-refractivity contribution in [2.45, 2.75) is 32.2 Å². The summed E-state index contributed by atoms with van der Waals surface area (Å²) in [6.45, 7) is 3.71. The highest BCUT2D eigenvalue weighted by Gasteiger charge is 2.27. The van der Waals surface area contributed by atoms with Crippen molar-refractivity contribution < 1.29 is 9.53 Å². The van der Waals surface area contributed by atoms with Crippen LogP contribution in [0.5, 0.6) is 5.75 Å². The van der Waals surface area contributed by atoms with Crippen LogP contribution in [0, 0.1) is 0 Å². The van der Waals surface area contributed by atoms with Crippen LogP contribution in [0.15, 0.2) is 18.2 Å². The third-order valence-corrected chi connectivity index (χ3v) is 2.99. The van der Waals surface area contributed by atoms with Crippen molar-refractivity contribution in [1.82, 2.24) is 0 Å². The summed E-state index contributed by atoms with van der Waals surface area (Å²) < 4.78 is 5.04. The van der Waals surface area contributed by atoms with Gasteiger partial charge in [0.05, 0.1) is 17.7 Å². The Bertz CT molecular complexity index is 437. The molecule has 0 fully saturated rings. The van der Waals surface area contributed by atoms with Gasteiger partial charge in [0, 0.05) is 5.69 Å². The van der Waals surface area contributed by atoms with Crippen LogP contribution < -0.4 is 15.8 Å².